The Balaban J connectivity index is 1.50. The molecule has 0 amide bonds. The second kappa shape index (κ2) is 5.74. The third-order valence-corrected chi connectivity index (χ3v) is 5.49. The van der Waals surface area contributed by atoms with Crippen LogP contribution in [0.3, 0.4) is 0 Å². The highest BCUT2D eigenvalue weighted by molar-refractivity contribution is 5.95. The number of nitrogens with zero attached hydrogens (tertiary/aromatic N) is 7. The highest BCUT2D eigenvalue weighted by Crippen LogP contribution is 2.33. The predicted octanol–water partition coefficient (Wildman–Crippen LogP) is 2.58. The van der Waals surface area contributed by atoms with E-state index >= 15 is 0 Å². The van der Waals surface area contributed by atoms with Gasteiger partial charge in [-0.15, -0.1) is 0 Å². The minimum Gasteiger partial charge on any atom is -0.346 e. The van der Waals surface area contributed by atoms with E-state index in [1.165, 1.54) is 5.69 Å². The molecular weight excluding hydrogens is 352 g/mol. The van der Waals surface area contributed by atoms with Crippen molar-refractivity contribution in [1.29, 1.82) is 0 Å². The number of aromatic amines is 1. The summed E-state index contributed by atoms with van der Waals surface area (Å²) in [6.45, 7) is 2.85. The molecule has 5 aromatic heterocycles. The number of pyridine rings is 2. The van der Waals surface area contributed by atoms with Gasteiger partial charge in [0.2, 0.25) is 0 Å². The van der Waals surface area contributed by atoms with E-state index in [1.54, 1.807) is 10.8 Å². The molecule has 0 bridgehead atoms. The fraction of sp³-hybridized carbons (Fsp3) is 0.200. The molecule has 6 rings (SSSR count). The third-order valence-electron chi connectivity index (χ3n) is 5.49. The molecule has 0 spiro atoms. The molecule has 0 aromatic carbocycles. The smallest absolute Gasteiger partial charge is 0.155 e. The van der Waals surface area contributed by atoms with E-state index in [2.05, 4.69) is 53.9 Å². The monoisotopic (exact) mass is 370 g/mol. The van der Waals surface area contributed by atoms with Crippen molar-refractivity contribution >= 4 is 16.7 Å². The Hall–Kier alpha value is -3.52. The normalized spacial score (nSPS) is 14.8. The summed E-state index contributed by atoms with van der Waals surface area (Å²) < 4.78 is 3.89. The molecule has 8 nitrogen and oxygen atoms in total. The quantitative estimate of drug-likeness (QED) is 0.517. The Morgan fingerprint density at radius 3 is 2.93 bits per heavy atom. The van der Waals surface area contributed by atoms with E-state index < -0.39 is 0 Å². The van der Waals surface area contributed by atoms with Crippen molar-refractivity contribution in [2.24, 2.45) is 0 Å². The van der Waals surface area contributed by atoms with Gasteiger partial charge in [0.05, 0.1) is 18.4 Å². The lowest BCUT2D eigenvalue weighted by Crippen LogP contribution is -2.30. The summed E-state index contributed by atoms with van der Waals surface area (Å²) in [5.74, 6) is 0. The highest BCUT2D eigenvalue weighted by Gasteiger charge is 2.20. The van der Waals surface area contributed by atoms with E-state index in [4.69, 9.17) is 0 Å². The predicted molar refractivity (Wildman–Crippen MR) is 106 cm³/mol. The van der Waals surface area contributed by atoms with Gasteiger partial charge < -0.3 is 4.98 Å². The second-order valence-corrected chi connectivity index (χ2v) is 7.27. The molecule has 8 heteroatoms. The SMILES string of the molecule is CN1CCn2ncc(-c3cnc4[nH]cc(-c5ccc6ncnn6c5)c4c3)c2C1. The van der Waals surface area contributed by atoms with Crippen molar-refractivity contribution in [3.05, 3.63) is 55.0 Å². The molecule has 0 aliphatic carbocycles. The molecular formula is C20H18N8. The standard InChI is InChI=1S/C20H18N8/c1-26-4-5-27-18(11-26)17(9-24-27)14-6-15-16(8-22-20(15)21-7-14)13-2-3-19-23-12-25-28(19)10-13/h2-3,6-10,12H,4-5,11H2,1H3,(H,21,22). The molecule has 0 fully saturated rings. The third kappa shape index (κ3) is 2.28. The van der Waals surface area contributed by atoms with Gasteiger partial charge in [-0.3, -0.25) is 9.58 Å². The Bertz CT molecular complexity index is 1320. The van der Waals surface area contributed by atoms with Gasteiger partial charge in [-0.2, -0.15) is 10.2 Å². The van der Waals surface area contributed by atoms with Crippen LogP contribution >= 0.6 is 0 Å². The maximum atomic E-state index is 4.66. The molecule has 5 aromatic rings. The molecule has 1 aliphatic rings. The van der Waals surface area contributed by atoms with Crippen molar-refractivity contribution < 1.29 is 0 Å². The fourth-order valence-corrected chi connectivity index (χ4v) is 3.98. The number of fused-ring (bicyclic) bond motifs is 3. The molecule has 0 saturated heterocycles. The molecule has 0 saturated carbocycles. The van der Waals surface area contributed by atoms with Crippen LogP contribution in [-0.2, 0) is 13.1 Å². The number of nitrogens with one attached hydrogen (secondary N) is 1. The maximum absolute atomic E-state index is 4.66. The van der Waals surface area contributed by atoms with Crippen LogP contribution in [0.5, 0.6) is 0 Å². The van der Waals surface area contributed by atoms with Gasteiger partial charge in [0.15, 0.2) is 5.65 Å². The van der Waals surface area contributed by atoms with E-state index in [-0.39, 0.29) is 0 Å². The number of H-pyrrole nitrogens is 1. The lowest BCUT2D eigenvalue weighted by Gasteiger charge is -2.24. The average molecular weight is 370 g/mol. The first-order valence-electron chi connectivity index (χ1n) is 9.27. The summed E-state index contributed by atoms with van der Waals surface area (Å²) in [6, 6.07) is 6.24. The molecule has 0 unspecified atom stereocenters. The summed E-state index contributed by atoms with van der Waals surface area (Å²) in [4.78, 5) is 14.5. The van der Waals surface area contributed by atoms with Gasteiger partial charge in [0.1, 0.15) is 12.0 Å². The highest BCUT2D eigenvalue weighted by atomic mass is 15.3. The van der Waals surface area contributed by atoms with Crippen molar-refractivity contribution in [2.45, 2.75) is 13.1 Å². The summed E-state index contributed by atoms with van der Waals surface area (Å²) in [5, 5.41) is 9.91. The molecule has 1 N–H and O–H groups in total. The number of hydrogen-bond acceptors (Lipinski definition) is 5. The Kier molecular flexibility index (Phi) is 3.18. The summed E-state index contributed by atoms with van der Waals surface area (Å²) >= 11 is 0. The van der Waals surface area contributed by atoms with Crippen LogP contribution in [-0.4, -0.2) is 52.8 Å². The minimum absolute atomic E-state index is 0.832. The first-order chi connectivity index (χ1) is 13.8. The minimum atomic E-state index is 0.832. The largest absolute Gasteiger partial charge is 0.346 e. The maximum Gasteiger partial charge on any atom is 0.155 e. The van der Waals surface area contributed by atoms with Crippen LogP contribution in [0.15, 0.2) is 49.3 Å². The zero-order valence-corrected chi connectivity index (χ0v) is 15.4. The lowest BCUT2D eigenvalue weighted by molar-refractivity contribution is 0.259. The second-order valence-electron chi connectivity index (χ2n) is 7.27. The number of rotatable bonds is 2. The zero-order valence-electron chi connectivity index (χ0n) is 15.4. The number of likely N-dealkylation sites (N-methyl/N-ethyl adjacent to an activating group) is 1. The molecule has 6 heterocycles. The molecule has 28 heavy (non-hydrogen) atoms. The average Bonchev–Trinajstić information content (AvgIpc) is 3.44. The van der Waals surface area contributed by atoms with Crippen LogP contribution in [0.2, 0.25) is 0 Å². The van der Waals surface area contributed by atoms with E-state index in [9.17, 15) is 0 Å². The van der Waals surface area contributed by atoms with Crippen LogP contribution in [0.1, 0.15) is 5.69 Å². The first-order valence-corrected chi connectivity index (χ1v) is 9.27. The van der Waals surface area contributed by atoms with Crippen molar-refractivity contribution in [3.8, 4) is 22.3 Å². The van der Waals surface area contributed by atoms with Crippen LogP contribution in [0.25, 0.3) is 38.9 Å². The summed E-state index contributed by atoms with van der Waals surface area (Å²) in [5.41, 5.74) is 7.36. The van der Waals surface area contributed by atoms with E-state index in [1.807, 2.05) is 30.9 Å². The Labute approximate surface area is 160 Å². The van der Waals surface area contributed by atoms with Gasteiger partial charge >= 0.3 is 0 Å². The summed E-state index contributed by atoms with van der Waals surface area (Å²) in [7, 11) is 2.15. The topological polar surface area (TPSA) is 79.9 Å². The molecule has 0 radical (unpaired) electrons. The number of aromatic nitrogens is 7. The first kappa shape index (κ1) is 15.5. The molecule has 0 atom stereocenters. The van der Waals surface area contributed by atoms with Gasteiger partial charge in [0.25, 0.3) is 0 Å². The van der Waals surface area contributed by atoms with Crippen molar-refractivity contribution in [1.82, 2.24) is 39.2 Å². The molecule has 138 valence electrons. The van der Waals surface area contributed by atoms with Gasteiger partial charge in [-0.05, 0) is 25.2 Å². The Morgan fingerprint density at radius 2 is 1.96 bits per heavy atom. The lowest BCUT2D eigenvalue weighted by atomic mass is 10.0. The molecule has 1 aliphatic heterocycles. The van der Waals surface area contributed by atoms with Crippen LogP contribution in [0.4, 0.5) is 0 Å². The van der Waals surface area contributed by atoms with Gasteiger partial charge in [0, 0.05) is 59.3 Å². The van der Waals surface area contributed by atoms with Gasteiger partial charge in [-0.25, -0.2) is 14.5 Å². The van der Waals surface area contributed by atoms with Crippen molar-refractivity contribution in [2.75, 3.05) is 13.6 Å². The fourth-order valence-electron chi connectivity index (χ4n) is 3.98. The summed E-state index contributed by atoms with van der Waals surface area (Å²) in [6.07, 6.45) is 9.45. The van der Waals surface area contributed by atoms with E-state index in [0.29, 0.717) is 0 Å². The van der Waals surface area contributed by atoms with Crippen LogP contribution < -0.4 is 0 Å². The number of hydrogen-bond donors (Lipinski definition) is 1. The van der Waals surface area contributed by atoms with Crippen LogP contribution in [0, 0.1) is 0 Å². The zero-order chi connectivity index (χ0) is 18.7. The Morgan fingerprint density at radius 1 is 1.00 bits per heavy atom. The van der Waals surface area contributed by atoms with Crippen molar-refractivity contribution in [3.63, 3.8) is 0 Å². The van der Waals surface area contributed by atoms with E-state index in [0.717, 1.165) is 58.6 Å². The van der Waals surface area contributed by atoms with Gasteiger partial charge in [-0.1, -0.05) is 0 Å².